The fraction of sp³-hybridized carbons (Fsp3) is 0.350. The van der Waals surface area contributed by atoms with Crippen LogP contribution in [0.25, 0.3) is 11.2 Å². The van der Waals surface area contributed by atoms with Crippen molar-refractivity contribution in [3.8, 4) is 5.75 Å². The van der Waals surface area contributed by atoms with Gasteiger partial charge in [0.1, 0.15) is 24.0 Å². The van der Waals surface area contributed by atoms with Crippen LogP contribution in [0.2, 0.25) is 0 Å². The standard InChI is InChI=1S/C15H23NO2.C5H4N4S/c1-4-7-13-8-5-6-9-15(13)18-11-14(17)10-16-12(2)3;10-5-3-4(7-1-6-3)8-2-9-5/h4-6,8-9,12,14,16-17H,1,7,10-11H2,2-3H3;1-2H,(H2,6,7,8,9,10). The fourth-order valence-electron chi connectivity index (χ4n) is 2.37. The van der Waals surface area contributed by atoms with Gasteiger partial charge in [0.05, 0.1) is 12.7 Å². The molecule has 1 unspecified atom stereocenters. The van der Waals surface area contributed by atoms with E-state index in [2.05, 4.69) is 31.8 Å². The van der Waals surface area contributed by atoms with Crippen LogP contribution in [-0.4, -0.2) is 50.3 Å². The van der Waals surface area contributed by atoms with Gasteiger partial charge in [0.25, 0.3) is 0 Å². The van der Waals surface area contributed by atoms with Crippen molar-refractivity contribution in [2.45, 2.75) is 32.4 Å². The molecule has 3 rings (SSSR count). The average molecular weight is 402 g/mol. The van der Waals surface area contributed by atoms with Crippen LogP contribution in [0.3, 0.4) is 0 Å². The highest BCUT2D eigenvalue weighted by molar-refractivity contribution is 7.71. The van der Waals surface area contributed by atoms with E-state index in [9.17, 15) is 5.11 Å². The number of imidazole rings is 1. The number of fused-ring (bicyclic) bond motifs is 1. The quantitative estimate of drug-likeness (QED) is 0.342. The number of rotatable bonds is 8. The van der Waals surface area contributed by atoms with E-state index in [4.69, 9.17) is 17.0 Å². The molecule has 0 spiro atoms. The van der Waals surface area contributed by atoms with Gasteiger partial charge in [-0.25, -0.2) is 9.97 Å². The summed E-state index contributed by atoms with van der Waals surface area (Å²) in [6, 6.07) is 8.20. The number of para-hydroxylation sites is 1. The van der Waals surface area contributed by atoms with Crippen LogP contribution in [-0.2, 0) is 6.42 Å². The minimum absolute atomic E-state index is 0.299. The Bertz CT molecular complexity index is 922. The lowest BCUT2D eigenvalue weighted by atomic mass is 10.1. The maximum absolute atomic E-state index is 9.77. The Morgan fingerprint density at radius 3 is 2.71 bits per heavy atom. The van der Waals surface area contributed by atoms with Crippen molar-refractivity contribution in [2.75, 3.05) is 13.2 Å². The molecule has 3 aromatic rings. The lowest BCUT2D eigenvalue weighted by Crippen LogP contribution is -2.35. The first-order valence-corrected chi connectivity index (χ1v) is 9.52. The van der Waals surface area contributed by atoms with E-state index in [1.807, 2.05) is 44.2 Å². The van der Waals surface area contributed by atoms with Gasteiger partial charge in [-0.15, -0.1) is 6.58 Å². The number of benzene rings is 1. The van der Waals surface area contributed by atoms with Gasteiger partial charge in [0, 0.05) is 12.6 Å². The molecule has 0 saturated heterocycles. The summed E-state index contributed by atoms with van der Waals surface area (Å²) < 4.78 is 6.19. The van der Waals surface area contributed by atoms with Crippen molar-refractivity contribution in [3.05, 3.63) is 59.8 Å². The van der Waals surface area contributed by atoms with Crippen LogP contribution >= 0.6 is 12.2 Å². The van der Waals surface area contributed by atoms with Gasteiger partial charge in [-0.3, -0.25) is 0 Å². The highest BCUT2D eigenvalue weighted by atomic mass is 32.1. The minimum atomic E-state index is -0.496. The molecule has 0 fully saturated rings. The van der Waals surface area contributed by atoms with E-state index >= 15 is 0 Å². The first-order valence-electron chi connectivity index (χ1n) is 9.11. The SMILES string of the molecule is C=CCc1ccccc1OCC(O)CNC(C)C.S=c1nc[nH]c2nc[nH]c12. The summed E-state index contributed by atoms with van der Waals surface area (Å²) in [4.78, 5) is 13.6. The highest BCUT2D eigenvalue weighted by Crippen LogP contribution is 2.18. The molecular formula is C20H27N5O2S. The second-order valence-corrected chi connectivity index (χ2v) is 6.85. The zero-order chi connectivity index (χ0) is 20.4. The number of aliphatic hydroxyl groups is 1. The zero-order valence-electron chi connectivity index (χ0n) is 16.2. The van der Waals surface area contributed by atoms with Gasteiger partial charge < -0.3 is 25.1 Å². The molecule has 0 bridgehead atoms. The van der Waals surface area contributed by atoms with E-state index in [-0.39, 0.29) is 0 Å². The largest absolute Gasteiger partial charge is 0.491 e. The molecule has 2 heterocycles. The first kappa shape index (κ1) is 21.7. The van der Waals surface area contributed by atoms with Crippen LogP contribution < -0.4 is 10.1 Å². The molecule has 1 aromatic carbocycles. The van der Waals surface area contributed by atoms with Crippen LogP contribution in [0, 0.1) is 4.64 Å². The van der Waals surface area contributed by atoms with Gasteiger partial charge in [-0.2, -0.15) is 0 Å². The van der Waals surface area contributed by atoms with Crippen LogP contribution in [0.15, 0.2) is 49.6 Å². The third-order valence-corrected chi connectivity index (χ3v) is 4.08. The zero-order valence-corrected chi connectivity index (χ0v) is 17.0. The number of nitrogens with one attached hydrogen (secondary N) is 3. The number of aromatic amines is 2. The smallest absolute Gasteiger partial charge is 0.159 e. The Balaban J connectivity index is 0.000000233. The van der Waals surface area contributed by atoms with Gasteiger partial charge in [-0.1, -0.05) is 50.3 Å². The Hall–Kier alpha value is -2.55. The summed E-state index contributed by atoms with van der Waals surface area (Å²) >= 11 is 4.91. The lowest BCUT2D eigenvalue weighted by molar-refractivity contribution is 0.104. The Morgan fingerprint density at radius 2 is 2.00 bits per heavy atom. The maximum atomic E-state index is 9.77. The van der Waals surface area contributed by atoms with Crippen molar-refractivity contribution in [2.24, 2.45) is 0 Å². The highest BCUT2D eigenvalue weighted by Gasteiger charge is 2.07. The number of hydrogen-bond donors (Lipinski definition) is 4. The molecule has 2 aromatic heterocycles. The van der Waals surface area contributed by atoms with Crippen molar-refractivity contribution < 1.29 is 9.84 Å². The number of aliphatic hydroxyl groups excluding tert-OH is 1. The first-order chi connectivity index (χ1) is 13.5. The van der Waals surface area contributed by atoms with Crippen LogP contribution in [0.1, 0.15) is 19.4 Å². The average Bonchev–Trinajstić information content (AvgIpc) is 3.17. The van der Waals surface area contributed by atoms with Gasteiger partial charge in [0.2, 0.25) is 0 Å². The van der Waals surface area contributed by atoms with Crippen molar-refractivity contribution in [1.82, 2.24) is 25.3 Å². The molecule has 0 aliphatic rings. The molecule has 150 valence electrons. The molecule has 0 radical (unpaired) electrons. The fourth-order valence-corrected chi connectivity index (χ4v) is 2.58. The third kappa shape index (κ3) is 6.88. The molecule has 4 N–H and O–H groups in total. The molecule has 0 saturated carbocycles. The molecule has 1 atom stereocenters. The van der Waals surface area contributed by atoms with Gasteiger partial charge >= 0.3 is 0 Å². The molecule has 7 nitrogen and oxygen atoms in total. The number of aromatic nitrogens is 4. The summed E-state index contributed by atoms with van der Waals surface area (Å²) in [6.45, 7) is 8.67. The van der Waals surface area contributed by atoms with Crippen molar-refractivity contribution >= 4 is 23.4 Å². The second kappa shape index (κ2) is 11.3. The summed E-state index contributed by atoms with van der Waals surface area (Å²) in [7, 11) is 0. The maximum Gasteiger partial charge on any atom is 0.159 e. The van der Waals surface area contributed by atoms with Crippen molar-refractivity contribution in [3.63, 3.8) is 0 Å². The predicted octanol–water partition coefficient (Wildman–Crippen LogP) is 3.17. The van der Waals surface area contributed by atoms with Crippen LogP contribution in [0.5, 0.6) is 5.75 Å². The number of nitrogens with zero attached hydrogens (tertiary/aromatic N) is 2. The Kier molecular flexibility index (Phi) is 8.80. The molecule has 8 heteroatoms. The van der Waals surface area contributed by atoms with Crippen LogP contribution in [0.4, 0.5) is 0 Å². The van der Waals surface area contributed by atoms with Crippen molar-refractivity contribution in [1.29, 1.82) is 0 Å². The normalized spacial score (nSPS) is 11.7. The minimum Gasteiger partial charge on any atom is -0.491 e. The van der Waals surface area contributed by atoms with E-state index in [0.717, 1.165) is 28.9 Å². The van der Waals surface area contributed by atoms with E-state index in [1.54, 1.807) is 6.33 Å². The summed E-state index contributed by atoms with van der Waals surface area (Å²) in [5.41, 5.74) is 2.63. The molecule has 28 heavy (non-hydrogen) atoms. The number of hydrogen-bond acceptors (Lipinski definition) is 6. The Labute approximate surface area is 169 Å². The summed E-state index contributed by atoms with van der Waals surface area (Å²) in [5, 5.41) is 12.9. The monoisotopic (exact) mass is 401 g/mol. The van der Waals surface area contributed by atoms with Gasteiger partial charge in [0.15, 0.2) is 10.3 Å². The summed E-state index contributed by atoms with van der Waals surface area (Å²) in [5.74, 6) is 0.820. The van der Waals surface area contributed by atoms with E-state index in [0.29, 0.717) is 23.8 Å². The predicted molar refractivity (Wildman–Crippen MR) is 114 cm³/mol. The molecule has 0 aliphatic heterocycles. The lowest BCUT2D eigenvalue weighted by Gasteiger charge is -2.16. The van der Waals surface area contributed by atoms with E-state index in [1.165, 1.54) is 6.33 Å². The topological polar surface area (TPSA) is 98.8 Å². The van der Waals surface area contributed by atoms with E-state index < -0.39 is 6.10 Å². The second-order valence-electron chi connectivity index (χ2n) is 6.46. The molecule has 0 amide bonds. The molecular weight excluding hydrogens is 374 g/mol. The number of ether oxygens (including phenoxy) is 1. The Morgan fingerprint density at radius 1 is 1.25 bits per heavy atom. The summed E-state index contributed by atoms with van der Waals surface area (Å²) in [6.07, 6.45) is 5.24. The third-order valence-electron chi connectivity index (χ3n) is 3.77. The van der Waals surface area contributed by atoms with Gasteiger partial charge in [-0.05, 0) is 18.1 Å². The molecule has 0 aliphatic carbocycles. The number of H-pyrrole nitrogens is 2. The number of allylic oxidation sites excluding steroid dienone is 1.